The highest BCUT2D eigenvalue weighted by Crippen LogP contribution is 2.32. The maximum Gasteiger partial charge on any atom is 0.166 e. The summed E-state index contributed by atoms with van der Waals surface area (Å²) in [6.07, 6.45) is 7.75. The lowest BCUT2D eigenvalue weighted by Gasteiger charge is -2.12. The molecule has 0 atom stereocenters. The summed E-state index contributed by atoms with van der Waals surface area (Å²) in [4.78, 5) is 13.7. The normalized spacial score (nSPS) is 12.7. The predicted octanol–water partition coefficient (Wildman–Crippen LogP) is 3.69. The van der Waals surface area contributed by atoms with Crippen molar-refractivity contribution in [3.63, 3.8) is 0 Å². The van der Waals surface area contributed by atoms with Crippen LogP contribution in [-0.4, -0.2) is 19.5 Å². The van der Waals surface area contributed by atoms with Gasteiger partial charge in [-0.1, -0.05) is 6.07 Å². The van der Waals surface area contributed by atoms with Gasteiger partial charge in [0, 0.05) is 24.3 Å². The van der Waals surface area contributed by atoms with Crippen LogP contribution in [0.5, 0.6) is 0 Å². The minimum Gasteiger partial charge on any atom is -0.403 e. The first kappa shape index (κ1) is 19.9. The van der Waals surface area contributed by atoms with Gasteiger partial charge < -0.3 is 17.2 Å². The second-order valence-corrected chi connectivity index (χ2v) is 7.69. The Labute approximate surface area is 182 Å². The first-order valence-electron chi connectivity index (χ1n) is 9.59. The lowest BCUT2D eigenvalue weighted by molar-refractivity contribution is 0.911. The maximum atomic E-state index is 6.15. The summed E-state index contributed by atoms with van der Waals surface area (Å²) < 4.78 is 2.85. The Kier molecular flexibility index (Phi) is 5.67. The van der Waals surface area contributed by atoms with Gasteiger partial charge in [-0.25, -0.2) is 15.0 Å². The number of halogens is 1. The molecule has 1 aromatic carbocycles. The van der Waals surface area contributed by atoms with Crippen molar-refractivity contribution in [3.8, 4) is 17.1 Å². The summed E-state index contributed by atoms with van der Waals surface area (Å²) in [6.45, 7) is 0. The zero-order valence-corrected chi connectivity index (χ0v) is 17.9. The number of pyridine rings is 2. The van der Waals surface area contributed by atoms with Gasteiger partial charge in [0.25, 0.3) is 0 Å². The van der Waals surface area contributed by atoms with Crippen LogP contribution in [0.1, 0.15) is 17.5 Å². The fraction of sp³-hybridized carbons (Fsp3) is 0.136. The van der Waals surface area contributed by atoms with Gasteiger partial charge in [-0.2, -0.15) is 0 Å². The van der Waals surface area contributed by atoms with Crippen LogP contribution >= 0.6 is 15.9 Å². The summed E-state index contributed by atoms with van der Waals surface area (Å²) in [7, 11) is 0. The molecule has 0 bridgehead atoms. The molecular formula is C22H22BrN7. The number of aryl methyl sites for hydroxylation is 2. The van der Waals surface area contributed by atoms with E-state index in [-0.39, 0.29) is 0 Å². The molecule has 0 aliphatic heterocycles. The molecule has 8 heteroatoms. The van der Waals surface area contributed by atoms with E-state index in [1.807, 2.05) is 24.3 Å². The number of rotatable bonds is 2. The minimum atomic E-state index is 0.462. The van der Waals surface area contributed by atoms with Crippen LogP contribution in [0.2, 0.25) is 0 Å². The summed E-state index contributed by atoms with van der Waals surface area (Å²) in [5, 5.41) is 0. The van der Waals surface area contributed by atoms with Crippen LogP contribution < -0.4 is 17.2 Å². The molecule has 3 aromatic heterocycles. The Balaban J connectivity index is 0.000000503. The third-order valence-electron chi connectivity index (χ3n) is 5.00. The molecule has 1 aliphatic rings. The van der Waals surface area contributed by atoms with E-state index in [2.05, 4.69) is 48.7 Å². The molecule has 30 heavy (non-hydrogen) atoms. The number of hydrogen-bond donors (Lipinski definition) is 3. The number of nitrogens with two attached hydrogens (primary N) is 3. The number of aromatic nitrogens is 4. The Bertz CT molecular complexity index is 1230. The molecule has 0 spiro atoms. The van der Waals surface area contributed by atoms with Gasteiger partial charge in [0.2, 0.25) is 0 Å². The number of benzene rings is 1. The maximum absolute atomic E-state index is 6.15. The molecule has 6 N–H and O–H groups in total. The molecule has 0 unspecified atom stereocenters. The van der Waals surface area contributed by atoms with Gasteiger partial charge in [0.1, 0.15) is 15.9 Å². The topological polar surface area (TPSA) is 122 Å². The molecular weight excluding hydrogens is 442 g/mol. The first-order valence-corrected chi connectivity index (χ1v) is 10.4. The van der Waals surface area contributed by atoms with E-state index >= 15 is 0 Å². The smallest absolute Gasteiger partial charge is 0.166 e. The highest BCUT2D eigenvalue weighted by Gasteiger charge is 2.19. The third kappa shape index (κ3) is 3.73. The Hall–Kier alpha value is -3.39. The van der Waals surface area contributed by atoms with Gasteiger partial charge in [-0.15, -0.1) is 0 Å². The number of nitrogen functional groups attached to an aromatic ring is 1. The molecule has 5 rings (SSSR count). The van der Waals surface area contributed by atoms with Crippen molar-refractivity contribution in [3.05, 3.63) is 76.8 Å². The van der Waals surface area contributed by atoms with Gasteiger partial charge in [-0.05, 0) is 82.7 Å². The van der Waals surface area contributed by atoms with Crippen molar-refractivity contribution in [2.75, 3.05) is 5.73 Å². The molecule has 0 saturated heterocycles. The Morgan fingerprint density at radius 1 is 0.967 bits per heavy atom. The third-order valence-corrected chi connectivity index (χ3v) is 5.44. The fourth-order valence-corrected chi connectivity index (χ4v) is 3.96. The number of fused-ring (bicyclic) bond motifs is 2. The number of nitrogens with zero attached hydrogens (tertiary/aromatic N) is 4. The molecule has 0 radical (unpaired) electrons. The summed E-state index contributed by atoms with van der Waals surface area (Å²) in [6, 6.07) is 14.3. The van der Waals surface area contributed by atoms with Crippen molar-refractivity contribution < 1.29 is 0 Å². The molecule has 0 fully saturated rings. The molecule has 0 saturated carbocycles. The van der Waals surface area contributed by atoms with Crippen LogP contribution in [-0.2, 0) is 12.8 Å². The Morgan fingerprint density at radius 3 is 2.53 bits per heavy atom. The monoisotopic (exact) mass is 463 g/mol. The predicted molar refractivity (Wildman–Crippen MR) is 124 cm³/mol. The van der Waals surface area contributed by atoms with E-state index in [0.29, 0.717) is 5.82 Å². The van der Waals surface area contributed by atoms with Crippen LogP contribution in [0.4, 0.5) is 5.82 Å². The van der Waals surface area contributed by atoms with E-state index in [4.69, 9.17) is 22.2 Å². The molecule has 1 aliphatic carbocycles. The van der Waals surface area contributed by atoms with Crippen LogP contribution in [0.25, 0.3) is 28.2 Å². The zero-order valence-electron chi connectivity index (χ0n) is 16.3. The number of anilines is 1. The van der Waals surface area contributed by atoms with Crippen molar-refractivity contribution in [1.82, 2.24) is 19.5 Å². The zero-order chi connectivity index (χ0) is 21.1. The molecule has 0 amide bonds. The fourth-order valence-electron chi connectivity index (χ4n) is 3.66. The standard InChI is InChI=1S/C20H16BrN5.C2H6N2/c21-17-9-8-16-20(25-17)26(14-7-6-12-3-1-4-13(12)11-14)19(24-16)15-5-2-10-23-18(15)22;3-1-2-4/h2,5-11H,1,3-4H2,(H2,22,23);1-2H,3-4H2/b;2-1-. The Morgan fingerprint density at radius 2 is 1.77 bits per heavy atom. The molecule has 152 valence electrons. The van der Waals surface area contributed by atoms with Gasteiger partial charge in [-0.3, -0.25) is 4.57 Å². The summed E-state index contributed by atoms with van der Waals surface area (Å²) in [5.74, 6) is 1.22. The van der Waals surface area contributed by atoms with Crippen LogP contribution in [0.3, 0.4) is 0 Å². The second-order valence-electron chi connectivity index (χ2n) is 6.88. The lowest BCUT2D eigenvalue weighted by Crippen LogP contribution is -2.02. The average Bonchev–Trinajstić information content (AvgIpc) is 3.37. The lowest BCUT2D eigenvalue weighted by atomic mass is 10.1. The van der Waals surface area contributed by atoms with Crippen molar-refractivity contribution in [2.24, 2.45) is 11.5 Å². The van der Waals surface area contributed by atoms with E-state index in [0.717, 1.165) is 45.7 Å². The highest BCUT2D eigenvalue weighted by atomic mass is 79.9. The van der Waals surface area contributed by atoms with E-state index in [1.165, 1.54) is 29.9 Å². The van der Waals surface area contributed by atoms with Gasteiger partial charge >= 0.3 is 0 Å². The molecule has 4 aromatic rings. The van der Waals surface area contributed by atoms with Gasteiger partial charge in [0.05, 0.1) is 5.56 Å². The van der Waals surface area contributed by atoms with E-state index < -0.39 is 0 Å². The van der Waals surface area contributed by atoms with Gasteiger partial charge in [0.15, 0.2) is 11.5 Å². The number of imidazole rings is 1. The highest BCUT2D eigenvalue weighted by molar-refractivity contribution is 9.10. The van der Waals surface area contributed by atoms with E-state index in [1.54, 1.807) is 6.20 Å². The van der Waals surface area contributed by atoms with Crippen molar-refractivity contribution in [1.29, 1.82) is 0 Å². The second kappa shape index (κ2) is 8.54. The van der Waals surface area contributed by atoms with Crippen LogP contribution in [0.15, 0.2) is 65.7 Å². The summed E-state index contributed by atoms with van der Waals surface area (Å²) >= 11 is 3.48. The largest absolute Gasteiger partial charge is 0.403 e. The SMILES string of the molecule is N/C=C\N.Nc1ncccc1-c1nc2ccc(Br)nc2n1-c1ccc2c(c1)CCC2. The minimum absolute atomic E-state index is 0.462. The quantitative estimate of drug-likeness (QED) is 0.389. The molecule has 3 heterocycles. The number of hydrogen-bond acceptors (Lipinski definition) is 6. The first-order chi connectivity index (χ1) is 14.6. The van der Waals surface area contributed by atoms with E-state index in [9.17, 15) is 0 Å². The summed E-state index contributed by atoms with van der Waals surface area (Å²) in [5.41, 5.74) is 21.9. The van der Waals surface area contributed by atoms with Crippen LogP contribution in [0, 0.1) is 0 Å². The molecule has 7 nitrogen and oxygen atoms in total. The van der Waals surface area contributed by atoms with Crippen molar-refractivity contribution in [2.45, 2.75) is 19.3 Å². The van der Waals surface area contributed by atoms with Crippen molar-refractivity contribution >= 4 is 32.9 Å². The average molecular weight is 464 g/mol.